The second-order valence-electron chi connectivity index (χ2n) is 5.03. The van der Waals surface area contributed by atoms with E-state index in [4.69, 9.17) is 16.0 Å². The topological polar surface area (TPSA) is 30.2 Å². The Labute approximate surface area is 131 Å². The van der Waals surface area contributed by atoms with Crippen molar-refractivity contribution in [3.8, 4) is 0 Å². The molecule has 0 saturated carbocycles. The summed E-state index contributed by atoms with van der Waals surface area (Å²) in [6, 6.07) is 7.21. The summed E-state index contributed by atoms with van der Waals surface area (Å²) in [5.41, 5.74) is 0.715. The number of ketones is 1. The maximum atomic E-state index is 12.5. The largest absolute Gasteiger partial charge is 0.453 e. The van der Waals surface area contributed by atoms with E-state index in [-0.39, 0.29) is 11.0 Å². The predicted octanol–water partition coefficient (Wildman–Crippen LogP) is 4.89. The van der Waals surface area contributed by atoms with Crippen molar-refractivity contribution in [2.75, 3.05) is 5.75 Å². The number of Topliss-reactive ketones (excluding diaryl/α,β-unsaturated/α-hetero) is 1. The number of carbonyl (C=O) groups excluding carboxylic acids is 1. The Balaban J connectivity index is 1.85. The minimum Gasteiger partial charge on any atom is -0.453 e. The van der Waals surface area contributed by atoms with Crippen LogP contribution in [-0.2, 0) is 0 Å². The highest BCUT2D eigenvalue weighted by atomic mass is 35.5. The normalized spacial score (nSPS) is 26.9. The van der Waals surface area contributed by atoms with E-state index in [0.717, 1.165) is 11.1 Å². The highest BCUT2D eigenvalue weighted by molar-refractivity contribution is 8.08. The number of rotatable bonds is 2. The monoisotopic (exact) mass is 326 g/mol. The van der Waals surface area contributed by atoms with Crippen molar-refractivity contribution in [2.45, 2.75) is 29.6 Å². The van der Waals surface area contributed by atoms with E-state index in [1.54, 1.807) is 23.9 Å². The van der Waals surface area contributed by atoms with Gasteiger partial charge in [0, 0.05) is 26.7 Å². The van der Waals surface area contributed by atoms with Crippen molar-refractivity contribution >= 4 is 51.9 Å². The van der Waals surface area contributed by atoms with Crippen LogP contribution in [0.5, 0.6) is 0 Å². The average Bonchev–Trinajstić information content (AvgIpc) is 2.84. The van der Waals surface area contributed by atoms with Crippen molar-refractivity contribution in [3.63, 3.8) is 0 Å². The van der Waals surface area contributed by atoms with Crippen LogP contribution in [0.15, 0.2) is 28.7 Å². The second kappa shape index (κ2) is 5.66. The fraction of sp³-hybridized carbons (Fsp3) is 0.400. The van der Waals surface area contributed by atoms with Gasteiger partial charge in [0.15, 0.2) is 5.76 Å². The molecule has 3 unspecified atom stereocenters. The van der Waals surface area contributed by atoms with Crippen LogP contribution in [0.25, 0.3) is 11.0 Å². The number of benzene rings is 1. The summed E-state index contributed by atoms with van der Waals surface area (Å²) in [4.78, 5) is 12.5. The van der Waals surface area contributed by atoms with Gasteiger partial charge in [-0.05, 0) is 24.3 Å². The SMILES string of the molecule is CC1SCC(C(=O)c2cc3cc(Cl)ccc3o2)SC1C. The summed E-state index contributed by atoms with van der Waals surface area (Å²) in [5, 5.41) is 2.61. The highest BCUT2D eigenvalue weighted by Crippen LogP contribution is 2.37. The van der Waals surface area contributed by atoms with E-state index in [1.165, 1.54) is 0 Å². The van der Waals surface area contributed by atoms with Gasteiger partial charge in [-0.25, -0.2) is 0 Å². The fourth-order valence-corrected chi connectivity index (χ4v) is 5.25. The van der Waals surface area contributed by atoms with Gasteiger partial charge in [-0.15, -0.1) is 11.8 Å². The van der Waals surface area contributed by atoms with E-state index in [2.05, 4.69) is 13.8 Å². The lowest BCUT2D eigenvalue weighted by Crippen LogP contribution is -2.31. The molecule has 1 aromatic carbocycles. The molecule has 1 saturated heterocycles. The molecule has 1 aliphatic heterocycles. The molecule has 0 radical (unpaired) electrons. The minimum absolute atomic E-state index is 0.0118. The average molecular weight is 327 g/mol. The molecule has 0 aliphatic carbocycles. The van der Waals surface area contributed by atoms with Gasteiger partial charge in [0.2, 0.25) is 5.78 Å². The van der Waals surface area contributed by atoms with E-state index < -0.39 is 0 Å². The quantitative estimate of drug-likeness (QED) is 0.735. The molecular formula is C15H15ClO2S2. The first-order chi connectivity index (χ1) is 9.54. The van der Waals surface area contributed by atoms with Gasteiger partial charge in [0.05, 0.1) is 5.25 Å². The Bertz CT molecular complexity index is 652. The third kappa shape index (κ3) is 2.74. The maximum absolute atomic E-state index is 12.5. The molecule has 1 aromatic heterocycles. The molecule has 106 valence electrons. The smallest absolute Gasteiger partial charge is 0.211 e. The number of thioether (sulfide) groups is 2. The van der Waals surface area contributed by atoms with Gasteiger partial charge < -0.3 is 4.42 Å². The molecule has 2 heterocycles. The first-order valence-electron chi connectivity index (χ1n) is 6.55. The number of carbonyl (C=O) groups is 1. The first-order valence-corrected chi connectivity index (χ1v) is 8.92. The van der Waals surface area contributed by atoms with Crippen molar-refractivity contribution < 1.29 is 9.21 Å². The number of hydrogen-bond acceptors (Lipinski definition) is 4. The van der Waals surface area contributed by atoms with E-state index >= 15 is 0 Å². The third-order valence-corrected chi connectivity index (χ3v) is 7.19. The van der Waals surface area contributed by atoms with E-state index in [9.17, 15) is 4.79 Å². The van der Waals surface area contributed by atoms with Crippen LogP contribution in [0, 0.1) is 0 Å². The zero-order valence-corrected chi connectivity index (χ0v) is 13.6. The molecule has 1 aliphatic rings. The van der Waals surface area contributed by atoms with Crippen molar-refractivity contribution in [2.24, 2.45) is 0 Å². The molecule has 0 N–H and O–H groups in total. The van der Waals surface area contributed by atoms with Crippen LogP contribution in [0.3, 0.4) is 0 Å². The Morgan fingerprint density at radius 2 is 2.10 bits per heavy atom. The van der Waals surface area contributed by atoms with Gasteiger partial charge in [-0.2, -0.15) is 11.8 Å². The number of fused-ring (bicyclic) bond motifs is 1. The molecule has 0 bridgehead atoms. The zero-order chi connectivity index (χ0) is 14.3. The molecule has 20 heavy (non-hydrogen) atoms. The van der Waals surface area contributed by atoms with Crippen LogP contribution in [-0.4, -0.2) is 27.3 Å². The Hall–Kier alpha value is -0.580. The summed E-state index contributed by atoms with van der Waals surface area (Å²) in [6.07, 6.45) is 0. The summed E-state index contributed by atoms with van der Waals surface area (Å²) in [6.45, 7) is 4.40. The molecule has 0 amide bonds. The molecule has 1 fully saturated rings. The Kier molecular flexibility index (Phi) is 4.07. The van der Waals surface area contributed by atoms with Crippen molar-refractivity contribution in [1.82, 2.24) is 0 Å². The minimum atomic E-state index is -0.0118. The van der Waals surface area contributed by atoms with E-state index in [1.807, 2.05) is 23.9 Å². The van der Waals surface area contributed by atoms with Crippen LogP contribution in [0.4, 0.5) is 0 Å². The molecule has 2 aromatic rings. The van der Waals surface area contributed by atoms with Crippen molar-refractivity contribution in [1.29, 1.82) is 0 Å². The van der Waals surface area contributed by atoms with Crippen LogP contribution in [0.2, 0.25) is 5.02 Å². The summed E-state index contributed by atoms with van der Waals surface area (Å²) in [7, 11) is 0. The molecule has 3 rings (SSSR count). The molecule has 5 heteroatoms. The second-order valence-corrected chi connectivity index (χ2v) is 8.46. The van der Waals surface area contributed by atoms with Gasteiger partial charge >= 0.3 is 0 Å². The van der Waals surface area contributed by atoms with Crippen LogP contribution in [0.1, 0.15) is 24.4 Å². The Morgan fingerprint density at radius 1 is 1.30 bits per heavy atom. The zero-order valence-electron chi connectivity index (χ0n) is 11.3. The molecular weight excluding hydrogens is 312 g/mol. The summed E-state index contributed by atoms with van der Waals surface area (Å²) >= 11 is 9.57. The number of hydrogen-bond donors (Lipinski definition) is 0. The highest BCUT2D eigenvalue weighted by Gasteiger charge is 2.32. The number of furan rings is 1. The standard InChI is InChI=1S/C15H15ClO2S2/c1-8-9(2)20-14(7-19-8)15(17)13-6-10-5-11(16)3-4-12(10)18-13/h3-6,8-9,14H,7H2,1-2H3. The maximum Gasteiger partial charge on any atom is 0.211 e. The van der Waals surface area contributed by atoms with Gasteiger partial charge in [0.1, 0.15) is 5.58 Å². The predicted molar refractivity (Wildman–Crippen MR) is 88.3 cm³/mol. The van der Waals surface area contributed by atoms with Crippen LogP contribution < -0.4 is 0 Å². The Morgan fingerprint density at radius 3 is 2.85 bits per heavy atom. The van der Waals surface area contributed by atoms with Gasteiger partial charge in [-0.3, -0.25) is 4.79 Å². The van der Waals surface area contributed by atoms with Crippen molar-refractivity contribution in [3.05, 3.63) is 35.0 Å². The lowest BCUT2D eigenvalue weighted by atomic mass is 10.2. The molecule has 3 atom stereocenters. The third-order valence-electron chi connectivity index (χ3n) is 3.56. The number of halogens is 1. The molecule has 0 spiro atoms. The van der Waals surface area contributed by atoms with Gasteiger partial charge in [0.25, 0.3) is 0 Å². The van der Waals surface area contributed by atoms with E-state index in [0.29, 0.717) is 26.9 Å². The summed E-state index contributed by atoms with van der Waals surface area (Å²) < 4.78 is 5.67. The lowest BCUT2D eigenvalue weighted by Gasteiger charge is -2.29. The van der Waals surface area contributed by atoms with Gasteiger partial charge in [-0.1, -0.05) is 25.4 Å². The van der Waals surface area contributed by atoms with Crippen LogP contribution >= 0.6 is 35.1 Å². The summed E-state index contributed by atoms with van der Waals surface area (Å²) in [5.74, 6) is 1.39. The first kappa shape index (κ1) is 14.4. The lowest BCUT2D eigenvalue weighted by molar-refractivity contribution is 0.0970. The fourth-order valence-electron chi connectivity index (χ4n) is 2.22. The molecule has 2 nitrogen and oxygen atoms in total.